The average molecular weight is 286 g/mol. The van der Waals surface area contributed by atoms with E-state index in [0.717, 1.165) is 34.9 Å². The van der Waals surface area contributed by atoms with Crippen LogP contribution in [-0.4, -0.2) is 19.1 Å². The minimum atomic E-state index is 0.706. The van der Waals surface area contributed by atoms with E-state index in [1.54, 1.807) is 7.11 Å². The van der Waals surface area contributed by atoms with E-state index in [-0.39, 0.29) is 0 Å². The molecule has 112 valence electrons. The SMILES string of the molecule is CCc1ccc(Oc2cc(C)ncc2CNC)c(OC)c1. The fourth-order valence-electron chi connectivity index (χ4n) is 2.12. The van der Waals surface area contributed by atoms with Gasteiger partial charge in [0, 0.05) is 30.1 Å². The molecule has 0 aliphatic rings. The monoisotopic (exact) mass is 286 g/mol. The van der Waals surface area contributed by atoms with Gasteiger partial charge in [0.25, 0.3) is 0 Å². The molecule has 0 atom stereocenters. The molecule has 4 nitrogen and oxygen atoms in total. The summed E-state index contributed by atoms with van der Waals surface area (Å²) in [4.78, 5) is 4.32. The first kappa shape index (κ1) is 15.3. The van der Waals surface area contributed by atoms with Crippen molar-refractivity contribution in [2.24, 2.45) is 0 Å². The summed E-state index contributed by atoms with van der Waals surface area (Å²) in [7, 11) is 3.56. The van der Waals surface area contributed by atoms with E-state index in [0.29, 0.717) is 6.54 Å². The molecule has 0 aliphatic heterocycles. The Morgan fingerprint density at radius 2 is 1.95 bits per heavy atom. The molecule has 0 radical (unpaired) electrons. The quantitative estimate of drug-likeness (QED) is 0.883. The Labute approximate surface area is 126 Å². The van der Waals surface area contributed by atoms with Crippen LogP contribution in [-0.2, 0) is 13.0 Å². The highest BCUT2D eigenvalue weighted by Gasteiger charge is 2.10. The Morgan fingerprint density at radius 1 is 1.14 bits per heavy atom. The van der Waals surface area contributed by atoms with Gasteiger partial charge in [-0.1, -0.05) is 13.0 Å². The number of ether oxygens (including phenoxy) is 2. The number of nitrogens with zero attached hydrogens (tertiary/aromatic N) is 1. The Kier molecular flexibility index (Phi) is 5.17. The van der Waals surface area contributed by atoms with Crippen LogP contribution in [0.3, 0.4) is 0 Å². The first-order chi connectivity index (χ1) is 10.2. The third-order valence-electron chi connectivity index (χ3n) is 3.30. The maximum atomic E-state index is 6.06. The van der Waals surface area contributed by atoms with Crippen molar-refractivity contribution in [3.05, 3.63) is 47.3 Å². The highest BCUT2D eigenvalue weighted by Crippen LogP contribution is 2.34. The molecular weight excluding hydrogens is 264 g/mol. The molecule has 2 aromatic rings. The molecule has 2 rings (SSSR count). The summed E-state index contributed by atoms with van der Waals surface area (Å²) in [5.41, 5.74) is 3.17. The van der Waals surface area contributed by atoms with Crippen molar-refractivity contribution in [3.8, 4) is 17.2 Å². The minimum absolute atomic E-state index is 0.706. The number of methoxy groups -OCH3 is 1. The van der Waals surface area contributed by atoms with Crippen molar-refractivity contribution >= 4 is 0 Å². The van der Waals surface area contributed by atoms with Gasteiger partial charge in [-0.3, -0.25) is 4.98 Å². The zero-order valence-corrected chi connectivity index (χ0v) is 13.1. The lowest BCUT2D eigenvalue weighted by molar-refractivity contribution is 0.376. The summed E-state index contributed by atoms with van der Waals surface area (Å²) in [5, 5.41) is 3.13. The second kappa shape index (κ2) is 7.09. The van der Waals surface area contributed by atoms with Gasteiger partial charge < -0.3 is 14.8 Å². The van der Waals surface area contributed by atoms with Crippen LogP contribution in [0.2, 0.25) is 0 Å². The largest absolute Gasteiger partial charge is 0.493 e. The summed E-state index contributed by atoms with van der Waals surface area (Å²) in [5.74, 6) is 2.27. The summed E-state index contributed by atoms with van der Waals surface area (Å²) in [6, 6.07) is 7.97. The predicted octanol–water partition coefficient (Wildman–Crippen LogP) is 3.47. The Morgan fingerprint density at radius 3 is 2.62 bits per heavy atom. The lowest BCUT2D eigenvalue weighted by Gasteiger charge is -2.14. The minimum Gasteiger partial charge on any atom is -0.493 e. The van der Waals surface area contributed by atoms with Gasteiger partial charge in [-0.05, 0) is 38.1 Å². The van der Waals surface area contributed by atoms with Crippen LogP contribution in [0.5, 0.6) is 17.2 Å². The van der Waals surface area contributed by atoms with Crippen LogP contribution >= 0.6 is 0 Å². The molecule has 1 N–H and O–H groups in total. The first-order valence-electron chi connectivity index (χ1n) is 7.12. The zero-order chi connectivity index (χ0) is 15.2. The number of nitrogens with one attached hydrogen (secondary N) is 1. The summed E-state index contributed by atoms with van der Waals surface area (Å²) in [6.07, 6.45) is 2.81. The highest BCUT2D eigenvalue weighted by molar-refractivity contribution is 5.47. The van der Waals surface area contributed by atoms with E-state index < -0.39 is 0 Å². The molecule has 0 saturated carbocycles. The molecule has 0 unspecified atom stereocenters. The molecule has 1 aromatic heterocycles. The molecule has 1 aromatic carbocycles. The average Bonchev–Trinajstić information content (AvgIpc) is 2.50. The van der Waals surface area contributed by atoms with Crippen LogP contribution in [0.4, 0.5) is 0 Å². The predicted molar refractivity (Wildman–Crippen MR) is 84.2 cm³/mol. The van der Waals surface area contributed by atoms with E-state index in [2.05, 4.69) is 23.3 Å². The summed E-state index contributed by atoms with van der Waals surface area (Å²) < 4.78 is 11.5. The molecule has 0 spiro atoms. The van der Waals surface area contributed by atoms with E-state index in [9.17, 15) is 0 Å². The fraction of sp³-hybridized carbons (Fsp3) is 0.353. The number of rotatable bonds is 6. The van der Waals surface area contributed by atoms with Crippen molar-refractivity contribution in [2.45, 2.75) is 26.8 Å². The standard InChI is InChI=1S/C17H22N2O2/c1-5-13-6-7-15(17(9-13)20-4)21-16-8-12(2)19-11-14(16)10-18-3/h6-9,11,18H,5,10H2,1-4H3. The van der Waals surface area contributed by atoms with Crippen molar-refractivity contribution in [2.75, 3.05) is 14.2 Å². The molecule has 1 heterocycles. The van der Waals surface area contributed by atoms with Crippen LogP contribution in [0, 0.1) is 6.92 Å². The zero-order valence-electron chi connectivity index (χ0n) is 13.1. The van der Waals surface area contributed by atoms with Crippen LogP contribution in [0.25, 0.3) is 0 Å². The van der Waals surface area contributed by atoms with E-state index in [4.69, 9.17) is 9.47 Å². The van der Waals surface area contributed by atoms with Crippen molar-refractivity contribution in [1.82, 2.24) is 10.3 Å². The van der Waals surface area contributed by atoms with Gasteiger partial charge in [0.15, 0.2) is 11.5 Å². The van der Waals surface area contributed by atoms with Crippen molar-refractivity contribution in [3.63, 3.8) is 0 Å². The van der Waals surface area contributed by atoms with Crippen molar-refractivity contribution < 1.29 is 9.47 Å². The van der Waals surface area contributed by atoms with Gasteiger partial charge in [0.1, 0.15) is 5.75 Å². The van der Waals surface area contributed by atoms with Crippen LogP contribution in [0.15, 0.2) is 30.5 Å². The van der Waals surface area contributed by atoms with Gasteiger partial charge in [-0.2, -0.15) is 0 Å². The van der Waals surface area contributed by atoms with Gasteiger partial charge in [0.2, 0.25) is 0 Å². The van der Waals surface area contributed by atoms with Crippen molar-refractivity contribution in [1.29, 1.82) is 0 Å². The lowest BCUT2D eigenvalue weighted by Crippen LogP contribution is -2.07. The number of hydrogen-bond acceptors (Lipinski definition) is 4. The normalized spacial score (nSPS) is 10.5. The molecule has 21 heavy (non-hydrogen) atoms. The van der Waals surface area contributed by atoms with Gasteiger partial charge >= 0.3 is 0 Å². The highest BCUT2D eigenvalue weighted by atomic mass is 16.5. The number of benzene rings is 1. The topological polar surface area (TPSA) is 43.4 Å². The molecular formula is C17H22N2O2. The van der Waals surface area contributed by atoms with Gasteiger partial charge in [-0.15, -0.1) is 0 Å². The third kappa shape index (κ3) is 3.73. The molecule has 0 bridgehead atoms. The van der Waals surface area contributed by atoms with E-state index in [1.165, 1.54) is 5.56 Å². The van der Waals surface area contributed by atoms with E-state index in [1.807, 2.05) is 38.4 Å². The fourth-order valence-corrected chi connectivity index (χ4v) is 2.12. The van der Waals surface area contributed by atoms with E-state index >= 15 is 0 Å². The molecule has 0 aliphatic carbocycles. The third-order valence-corrected chi connectivity index (χ3v) is 3.30. The Bertz CT molecular complexity index is 612. The second-order valence-electron chi connectivity index (χ2n) is 4.90. The van der Waals surface area contributed by atoms with Gasteiger partial charge in [-0.25, -0.2) is 0 Å². The smallest absolute Gasteiger partial charge is 0.169 e. The molecule has 0 saturated heterocycles. The number of hydrogen-bond donors (Lipinski definition) is 1. The number of pyridine rings is 1. The van der Waals surface area contributed by atoms with Gasteiger partial charge in [0.05, 0.1) is 7.11 Å². The first-order valence-corrected chi connectivity index (χ1v) is 7.12. The molecule has 0 fully saturated rings. The maximum absolute atomic E-state index is 6.06. The second-order valence-corrected chi connectivity index (χ2v) is 4.90. The number of aryl methyl sites for hydroxylation is 2. The van der Waals surface area contributed by atoms with Crippen LogP contribution in [0.1, 0.15) is 23.7 Å². The Hall–Kier alpha value is -2.07. The molecule has 0 amide bonds. The Balaban J connectivity index is 2.35. The maximum Gasteiger partial charge on any atom is 0.169 e. The lowest BCUT2D eigenvalue weighted by atomic mass is 10.1. The van der Waals surface area contributed by atoms with Crippen LogP contribution < -0.4 is 14.8 Å². The number of aromatic nitrogens is 1. The molecule has 4 heteroatoms. The summed E-state index contributed by atoms with van der Waals surface area (Å²) in [6.45, 7) is 4.78. The summed E-state index contributed by atoms with van der Waals surface area (Å²) >= 11 is 0.